The second kappa shape index (κ2) is 4.35. The quantitative estimate of drug-likeness (QED) is 0.620. The zero-order valence-electron chi connectivity index (χ0n) is 7.89. The van der Waals surface area contributed by atoms with E-state index in [2.05, 4.69) is 0 Å². The molecule has 0 spiro atoms. The van der Waals surface area contributed by atoms with Crippen LogP contribution in [0.2, 0.25) is 0 Å². The van der Waals surface area contributed by atoms with Gasteiger partial charge in [0.25, 0.3) is 0 Å². The molecule has 0 heterocycles. The van der Waals surface area contributed by atoms with Crippen LogP contribution in [0.25, 0.3) is 0 Å². The van der Waals surface area contributed by atoms with Gasteiger partial charge < -0.3 is 5.11 Å². The highest BCUT2D eigenvalue weighted by Crippen LogP contribution is 2.09. The molecule has 0 aliphatic heterocycles. The Morgan fingerprint density at radius 3 is 2.36 bits per heavy atom. The Hall–Kier alpha value is -0.560. The molecule has 1 unspecified atom stereocenters. The molecule has 1 atom stereocenters. The highest BCUT2D eigenvalue weighted by Gasteiger charge is 2.10. The van der Waals surface area contributed by atoms with Crippen molar-refractivity contribution in [3.8, 4) is 0 Å². The van der Waals surface area contributed by atoms with Crippen molar-refractivity contribution in [2.45, 2.75) is 39.7 Å². The molecule has 0 aromatic heterocycles. The second-order valence-corrected chi connectivity index (χ2v) is 3.31. The summed E-state index contributed by atoms with van der Waals surface area (Å²) in [5.41, 5.74) is 0.597. The lowest BCUT2D eigenvalue weighted by atomic mass is 10.0. The summed E-state index contributed by atoms with van der Waals surface area (Å²) in [4.78, 5) is 0. The average molecular weight is 154 g/mol. The van der Waals surface area contributed by atoms with E-state index in [0.717, 1.165) is 6.42 Å². The van der Waals surface area contributed by atoms with Crippen LogP contribution in [-0.4, -0.2) is 10.7 Å². The minimum atomic E-state index is -0.647. The topological polar surface area (TPSA) is 20.2 Å². The van der Waals surface area contributed by atoms with Gasteiger partial charge in [0.05, 0.1) is 5.60 Å². The second-order valence-electron chi connectivity index (χ2n) is 3.31. The lowest BCUT2D eigenvalue weighted by Gasteiger charge is -2.14. The molecule has 0 aromatic rings. The summed E-state index contributed by atoms with van der Waals surface area (Å²) < 4.78 is 0. The van der Waals surface area contributed by atoms with Gasteiger partial charge in [-0.15, -0.1) is 0 Å². The molecular formula is C10H18O. The highest BCUT2D eigenvalue weighted by molar-refractivity contribution is 5.12. The van der Waals surface area contributed by atoms with E-state index < -0.39 is 5.60 Å². The maximum Gasteiger partial charge on any atom is 0.0800 e. The fourth-order valence-electron chi connectivity index (χ4n) is 0.566. The lowest BCUT2D eigenvalue weighted by molar-refractivity contribution is 0.108. The molecule has 0 fully saturated rings. The molecule has 1 N–H and O–H groups in total. The number of hydrogen-bond donors (Lipinski definition) is 1. The van der Waals surface area contributed by atoms with E-state index in [1.165, 1.54) is 5.57 Å². The molecule has 11 heavy (non-hydrogen) atoms. The summed E-state index contributed by atoms with van der Waals surface area (Å²) in [7, 11) is 0. The standard InChI is InChI=1S/C10H18O/c1-5-10(4,11)8-6-7-9(2)3/h6-8,11H,5H2,1-4H3/b8-6+. The Kier molecular flexibility index (Phi) is 4.12. The minimum Gasteiger partial charge on any atom is -0.386 e. The van der Waals surface area contributed by atoms with Crippen LogP contribution in [-0.2, 0) is 0 Å². The largest absolute Gasteiger partial charge is 0.386 e. The van der Waals surface area contributed by atoms with Gasteiger partial charge in [-0.2, -0.15) is 0 Å². The van der Waals surface area contributed by atoms with Gasteiger partial charge in [0, 0.05) is 0 Å². The van der Waals surface area contributed by atoms with Crippen molar-refractivity contribution < 1.29 is 5.11 Å². The number of allylic oxidation sites excluding steroid dienone is 3. The van der Waals surface area contributed by atoms with E-state index in [9.17, 15) is 5.11 Å². The molecule has 0 aliphatic rings. The van der Waals surface area contributed by atoms with Crippen LogP contribution in [0.3, 0.4) is 0 Å². The zero-order chi connectivity index (χ0) is 8.91. The maximum atomic E-state index is 9.52. The van der Waals surface area contributed by atoms with E-state index >= 15 is 0 Å². The van der Waals surface area contributed by atoms with E-state index in [1.807, 2.05) is 45.9 Å². The Balaban J connectivity index is 4.02. The molecule has 0 radical (unpaired) electrons. The third kappa shape index (κ3) is 5.86. The fourth-order valence-corrected chi connectivity index (χ4v) is 0.566. The van der Waals surface area contributed by atoms with Crippen LogP contribution in [0, 0.1) is 0 Å². The molecule has 0 saturated heterocycles. The first-order chi connectivity index (χ1) is 4.98. The van der Waals surface area contributed by atoms with Gasteiger partial charge >= 0.3 is 0 Å². The summed E-state index contributed by atoms with van der Waals surface area (Å²) in [6.07, 6.45) is 6.46. The van der Waals surface area contributed by atoms with Crippen molar-refractivity contribution in [3.63, 3.8) is 0 Å². The normalized spacial score (nSPS) is 16.5. The van der Waals surface area contributed by atoms with Gasteiger partial charge in [-0.3, -0.25) is 0 Å². The molecule has 0 bridgehead atoms. The van der Waals surface area contributed by atoms with Gasteiger partial charge in [-0.1, -0.05) is 30.7 Å². The molecule has 0 aliphatic carbocycles. The Morgan fingerprint density at radius 1 is 1.45 bits per heavy atom. The lowest BCUT2D eigenvalue weighted by Crippen LogP contribution is -2.18. The van der Waals surface area contributed by atoms with Gasteiger partial charge in [-0.25, -0.2) is 0 Å². The van der Waals surface area contributed by atoms with Crippen molar-refractivity contribution >= 4 is 0 Å². The van der Waals surface area contributed by atoms with E-state index in [1.54, 1.807) is 0 Å². The van der Waals surface area contributed by atoms with Crippen LogP contribution in [0.5, 0.6) is 0 Å². The summed E-state index contributed by atoms with van der Waals surface area (Å²) in [5, 5.41) is 9.52. The summed E-state index contributed by atoms with van der Waals surface area (Å²) in [6, 6.07) is 0. The van der Waals surface area contributed by atoms with Crippen molar-refractivity contribution in [2.24, 2.45) is 0 Å². The predicted octanol–water partition coefficient (Wildman–Crippen LogP) is 2.67. The predicted molar refractivity (Wildman–Crippen MR) is 49.5 cm³/mol. The van der Waals surface area contributed by atoms with Gasteiger partial charge in [0.2, 0.25) is 0 Å². The number of hydrogen-bond acceptors (Lipinski definition) is 1. The average Bonchev–Trinajstić information content (AvgIpc) is 1.87. The fraction of sp³-hybridized carbons (Fsp3) is 0.600. The molecule has 0 amide bonds. The SMILES string of the molecule is CCC(C)(O)/C=C/C=C(C)C. The Bertz CT molecular complexity index is 160. The monoisotopic (exact) mass is 154 g/mol. The van der Waals surface area contributed by atoms with Crippen molar-refractivity contribution in [1.82, 2.24) is 0 Å². The Morgan fingerprint density at radius 2 is 2.00 bits per heavy atom. The third-order valence-corrected chi connectivity index (χ3v) is 1.60. The molecule has 0 rings (SSSR count). The van der Waals surface area contributed by atoms with E-state index in [4.69, 9.17) is 0 Å². The van der Waals surface area contributed by atoms with Crippen molar-refractivity contribution in [2.75, 3.05) is 0 Å². The van der Waals surface area contributed by atoms with Crippen molar-refractivity contribution in [3.05, 3.63) is 23.8 Å². The van der Waals surface area contributed by atoms with Gasteiger partial charge in [-0.05, 0) is 27.2 Å². The number of rotatable bonds is 3. The molecule has 64 valence electrons. The first-order valence-corrected chi connectivity index (χ1v) is 4.03. The summed E-state index contributed by atoms with van der Waals surface area (Å²) in [5.74, 6) is 0. The highest BCUT2D eigenvalue weighted by atomic mass is 16.3. The Labute approximate surface area is 69.4 Å². The van der Waals surface area contributed by atoms with E-state index in [0.29, 0.717) is 0 Å². The molecule has 1 heteroatoms. The van der Waals surface area contributed by atoms with Crippen LogP contribution >= 0.6 is 0 Å². The smallest absolute Gasteiger partial charge is 0.0800 e. The first-order valence-electron chi connectivity index (χ1n) is 4.03. The van der Waals surface area contributed by atoms with Crippen LogP contribution in [0.4, 0.5) is 0 Å². The van der Waals surface area contributed by atoms with Gasteiger partial charge in [0.15, 0.2) is 0 Å². The molecule has 0 saturated carbocycles. The molecular weight excluding hydrogens is 136 g/mol. The third-order valence-electron chi connectivity index (χ3n) is 1.60. The molecule has 0 aromatic carbocycles. The van der Waals surface area contributed by atoms with Crippen LogP contribution in [0.15, 0.2) is 23.8 Å². The molecule has 1 nitrogen and oxygen atoms in total. The van der Waals surface area contributed by atoms with Crippen molar-refractivity contribution in [1.29, 1.82) is 0 Å². The maximum absolute atomic E-state index is 9.52. The van der Waals surface area contributed by atoms with E-state index in [-0.39, 0.29) is 0 Å². The van der Waals surface area contributed by atoms with Crippen LogP contribution < -0.4 is 0 Å². The zero-order valence-corrected chi connectivity index (χ0v) is 7.89. The minimum absolute atomic E-state index is 0.647. The number of aliphatic hydroxyl groups is 1. The summed E-state index contributed by atoms with van der Waals surface area (Å²) >= 11 is 0. The summed E-state index contributed by atoms with van der Waals surface area (Å²) in [6.45, 7) is 7.84. The first kappa shape index (κ1) is 10.4. The van der Waals surface area contributed by atoms with Gasteiger partial charge in [0.1, 0.15) is 0 Å². The van der Waals surface area contributed by atoms with Crippen LogP contribution in [0.1, 0.15) is 34.1 Å².